The fourth-order valence-electron chi connectivity index (χ4n) is 0. The van der Waals surface area contributed by atoms with Crippen molar-refractivity contribution in [2.24, 2.45) is 0 Å². The zero-order chi connectivity index (χ0) is 9.00. The van der Waals surface area contributed by atoms with Crippen molar-refractivity contribution in [3.8, 4) is 0 Å². The van der Waals surface area contributed by atoms with E-state index in [0.717, 1.165) is 0 Å². The number of halogens is 2. The van der Waals surface area contributed by atoms with E-state index >= 15 is 0 Å². The molecular formula is H12Cl2N6NiO8-6. The minimum Gasteiger partial charge on any atom is -0.693 e. The van der Waals surface area contributed by atoms with E-state index in [0.29, 0.717) is 0 Å². The maximum atomic E-state index is 8.49. The Kier molecular flexibility index (Phi) is 98.4. The molecule has 0 atom stereocenters. The first-order valence-electron chi connectivity index (χ1n) is 1.23. The topological polar surface area (TPSA) is 385 Å². The van der Waals surface area contributed by atoms with Gasteiger partial charge in [-0.3, -0.25) is 0 Å². The van der Waals surface area contributed by atoms with Crippen molar-refractivity contribution in [3.05, 3.63) is 36.9 Å². The van der Waals surface area contributed by atoms with Crippen LogP contribution in [0.5, 0.6) is 0 Å². The summed E-state index contributed by atoms with van der Waals surface area (Å²) in [4.78, 5) is 0. The number of hydrogen-bond donors (Lipinski definition) is 0. The predicted molar refractivity (Wildman–Crippen MR) is 31.7 cm³/mol. The average Bonchev–Trinajstić information content (AvgIpc) is 1.12. The molecule has 0 spiro atoms. The molecule has 0 aromatic carbocycles. The number of hydrogen-bond acceptors (Lipinski definition) is 8. The first-order chi connectivity index (χ1) is 4.00. The van der Waals surface area contributed by atoms with Gasteiger partial charge in [0.1, 0.15) is 0 Å². The summed E-state index contributed by atoms with van der Waals surface area (Å²) < 4.78 is 67.9. The molecule has 0 fully saturated rings. The molecule has 0 amide bonds. The Morgan fingerprint density at radius 3 is 0.353 bits per heavy atom. The van der Waals surface area contributed by atoms with Crippen LogP contribution in [0.2, 0.25) is 0 Å². The summed E-state index contributed by atoms with van der Waals surface area (Å²) in [5.74, 6) is 0. The second-order valence-corrected chi connectivity index (χ2v) is 2.27. The molecule has 0 aliphatic rings. The average molecular weight is 354 g/mol. The monoisotopic (exact) mass is 352 g/mol. The third-order valence-electron chi connectivity index (χ3n) is 0. The molecule has 17 heteroatoms. The van der Waals surface area contributed by atoms with Crippen LogP contribution in [0.15, 0.2) is 0 Å². The van der Waals surface area contributed by atoms with E-state index in [9.17, 15) is 0 Å². The van der Waals surface area contributed by atoms with Gasteiger partial charge in [0.25, 0.3) is 0 Å². The van der Waals surface area contributed by atoms with Crippen molar-refractivity contribution in [1.29, 1.82) is 0 Å². The van der Waals surface area contributed by atoms with Crippen LogP contribution in [0.1, 0.15) is 0 Å². The maximum absolute atomic E-state index is 8.49. The van der Waals surface area contributed by atoms with Crippen molar-refractivity contribution in [2.45, 2.75) is 0 Å². The Bertz CT molecular complexity index is 71.0. The van der Waals surface area contributed by atoms with Crippen LogP contribution in [-0.2, 0) is 16.5 Å². The SMILES string of the molecule is [NH2-].[NH2-].[NH2-].[NH2-].[NH2-].[NH2-].[Ni+2].[O-][Cl+3]([O-])([O-])[O-].[O-][Cl+3]([O-])([O-])[O-]. The second-order valence-electron chi connectivity index (χ2n) is 0.756. The van der Waals surface area contributed by atoms with Crippen LogP contribution in [-0.4, -0.2) is 0 Å². The minimum absolute atomic E-state index is 0. The van der Waals surface area contributed by atoms with Crippen LogP contribution >= 0.6 is 0 Å². The summed E-state index contributed by atoms with van der Waals surface area (Å²) in [7, 11) is -9.89. The summed E-state index contributed by atoms with van der Waals surface area (Å²) in [5, 5.41) is 0. The molecule has 0 bridgehead atoms. The van der Waals surface area contributed by atoms with Gasteiger partial charge in [0.05, 0.1) is 0 Å². The van der Waals surface area contributed by atoms with Gasteiger partial charge in [-0.25, -0.2) is 37.3 Å². The van der Waals surface area contributed by atoms with E-state index in [2.05, 4.69) is 0 Å². The van der Waals surface area contributed by atoms with Gasteiger partial charge >= 0.3 is 16.5 Å². The zero-order valence-electron chi connectivity index (χ0n) is 7.80. The van der Waals surface area contributed by atoms with Gasteiger partial charge in [0.15, 0.2) is 0 Å². The maximum Gasteiger partial charge on any atom is 2.00 e. The molecule has 0 aliphatic heterocycles. The summed E-state index contributed by atoms with van der Waals surface area (Å²) in [6, 6.07) is 0. The molecule has 0 aliphatic carbocycles. The number of nitrogens with two attached hydrogens (primary N) is 6. The van der Waals surface area contributed by atoms with Crippen LogP contribution in [0.25, 0.3) is 36.9 Å². The Morgan fingerprint density at radius 1 is 0.353 bits per heavy atom. The van der Waals surface area contributed by atoms with Crippen molar-refractivity contribution in [2.75, 3.05) is 0 Å². The molecule has 0 radical (unpaired) electrons. The molecule has 120 valence electrons. The zero-order valence-corrected chi connectivity index (χ0v) is 10.3. The molecule has 0 rings (SSSR count). The predicted octanol–water partition coefficient (Wildman–Crippen LogP) is -5.21. The van der Waals surface area contributed by atoms with Gasteiger partial charge in [0.2, 0.25) is 0 Å². The first-order valence-corrected chi connectivity index (χ1v) is 3.70. The van der Waals surface area contributed by atoms with Crippen LogP contribution in [0, 0.1) is 20.5 Å². The Morgan fingerprint density at radius 2 is 0.353 bits per heavy atom. The van der Waals surface area contributed by atoms with Gasteiger partial charge in [-0.1, -0.05) is 0 Å². The first kappa shape index (κ1) is 65.9. The summed E-state index contributed by atoms with van der Waals surface area (Å²) in [5.41, 5.74) is 0. The minimum atomic E-state index is -4.94. The van der Waals surface area contributed by atoms with Crippen molar-refractivity contribution >= 4 is 0 Å². The number of rotatable bonds is 0. The fourth-order valence-corrected chi connectivity index (χ4v) is 0. The van der Waals surface area contributed by atoms with E-state index in [1.807, 2.05) is 0 Å². The Labute approximate surface area is 112 Å². The molecule has 0 unspecified atom stereocenters. The summed E-state index contributed by atoms with van der Waals surface area (Å²) >= 11 is 0. The smallest absolute Gasteiger partial charge is 0.693 e. The molecular weight excluding hydrogens is 342 g/mol. The largest absolute Gasteiger partial charge is 2.00 e. The molecule has 0 heterocycles. The molecule has 0 aromatic rings. The van der Waals surface area contributed by atoms with Crippen molar-refractivity contribution in [3.63, 3.8) is 0 Å². The molecule has 0 saturated carbocycles. The van der Waals surface area contributed by atoms with Gasteiger partial charge in [-0.05, 0) is 0 Å². The van der Waals surface area contributed by atoms with Crippen molar-refractivity contribution < 1.29 is 74.2 Å². The standard InChI is InChI=1S/2ClHO4.6H2N.Ni/c2*2-1(3,4)5;;;;;;;/h2*(H,2,3,4,5);6*1H2;/q;;6*-1;+2/p-2. The van der Waals surface area contributed by atoms with Gasteiger partial charge in [-0.2, -0.15) is 0 Å². The Balaban J connectivity index is -0.00000000762. The van der Waals surface area contributed by atoms with E-state index in [-0.39, 0.29) is 53.4 Å². The molecule has 12 N–H and O–H groups in total. The van der Waals surface area contributed by atoms with Crippen molar-refractivity contribution in [1.82, 2.24) is 0 Å². The summed E-state index contributed by atoms with van der Waals surface area (Å²) in [6.07, 6.45) is 0. The van der Waals surface area contributed by atoms with Crippen LogP contribution in [0.3, 0.4) is 0 Å². The molecule has 0 saturated heterocycles. The third-order valence-corrected chi connectivity index (χ3v) is 0. The quantitative estimate of drug-likeness (QED) is 0.377. The van der Waals surface area contributed by atoms with Gasteiger partial charge < -0.3 is 36.9 Å². The van der Waals surface area contributed by atoms with Crippen LogP contribution in [0.4, 0.5) is 0 Å². The van der Waals surface area contributed by atoms with E-state index in [4.69, 9.17) is 37.3 Å². The van der Waals surface area contributed by atoms with E-state index in [1.54, 1.807) is 0 Å². The molecule has 17 heavy (non-hydrogen) atoms. The third kappa shape index (κ3) is 13200. The van der Waals surface area contributed by atoms with E-state index < -0.39 is 20.5 Å². The normalized spacial score (nSPS) is 7.06. The fraction of sp³-hybridized carbons (Fsp3) is 0. The molecule has 0 aromatic heterocycles. The Hall–Kier alpha value is 0.514. The van der Waals surface area contributed by atoms with Gasteiger partial charge in [0, 0.05) is 0 Å². The van der Waals surface area contributed by atoms with E-state index in [1.165, 1.54) is 0 Å². The second kappa shape index (κ2) is 25.4. The molecule has 14 nitrogen and oxygen atoms in total. The van der Waals surface area contributed by atoms with Crippen LogP contribution < -0.4 is 37.3 Å². The summed E-state index contributed by atoms with van der Waals surface area (Å²) in [6.45, 7) is 0. The van der Waals surface area contributed by atoms with Gasteiger partial charge in [-0.15, -0.1) is 20.5 Å².